The Kier molecular flexibility index (Phi) is 2.59. The lowest BCUT2D eigenvalue weighted by Crippen LogP contribution is -1.84. The molecule has 0 aliphatic heterocycles. The fraction of sp³-hybridized carbons (Fsp3) is 0.200. The summed E-state index contributed by atoms with van der Waals surface area (Å²) in [6.45, 7) is 8.26. The number of hydrogen-bond acceptors (Lipinski definition) is 0. The molecule has 0 spiro atoms. The van der Waals surface area contributed by atoms with Crippen LogP contribution >= 0.6 is 0 Å². The average Bonchev–Trinajstić information content (AvgIpc) is 2.27. The highest BCUT2D eigenvalue weighted by Gasteiger charge is 2.01. The molecule has 0 amide bonds. The lowest BCUT2D eigenvalue weighted by Gasteiger charge is -2.07. The molecule has 0 bridgehead atoms. The Bertz CT molecular complexity index is 506. The van der Waals surface area contributed by atoms with Crippen LogP contribution in [0.1, 0.15) is 25.0 Å². The van der Waals surface area contributed by atoms with E-state index < -0.39 is 0 Å². The second-order valence-electron chi connectivity index (χ2n) is 3.99. The van der Waals surface area contributed by atoms with E-state index in [2.05, 4.69) is 56.8 Å². The molecular formula is C15H16. The Hall–Kier alpha value is -1.56. The molecule has 0 fully saturated rings. The number of benzene rings is 2. The first-order valence-electron chi connectivity index (χ1n) is 5.40. The van der Waals surface area contributed by atoms with Gasteiger partial charge in [-0.1, -0.05) is 55.5 Å². The summed E-state index contributed by atoms with van der Waals surface area (Å²) in [5, 5.41) is 2.62. The summed E-state index contributed by atoms with van der Waals surface area (Å²) in [4.78, 5) is 0. The van der Waals surface area contributed by atoms with Crippen LogP contribution in [-0.2, 0) is 6.42 Å². The third-order valence-corrected chi connectivity index (χ3v) is 2.81. The molecule has 0 aliphatic rings. The van der Waals surface area contributed by atoms with Gasteiger partial charge >= 0.3 is 0 Å². The van der Waals surface area contributed by atoms with Crippen LogP contribution in [0.25, 0.3) is 16.3 Å². The highest BCUT2D eigenvalue weighted by atomic mass is 14.1. The maximum Gasteiger partial charge on any atom is -0.0109 e. The maximum absolute atomic E-state index is 4.02. The van der Waals surface area contributed by atoms with Gasteiger partial charge in [-0.15, -0.1) is 0 Å². The Morgan fingerprint density at radius 2 is 2.00 bits per heavy atom. The van der Waals surface area contributed by atoms with Crippen molar-refractivity contribution in [1.82, 2.24) is 0 Å². The minimum absolute atomic E-state index is 1.09. The third-order valence-electron chi connectivity index (χ3n) is 2.81. The summed E-state index contributed by atoms with van der Waals surface area (Å²) >= 11 is 0. The van der Waals surface area contributed by atoms with Gasteiger partial charge < -0.3 is 0 Å². The zero-order valence-electron chi connectivity index (χ0n) is 9.38. The first-order valence-corrected chi connectivity index (χ1v) is 5.40. The molecule has 0 heterocycles. The van der Waals surface area contributed by atoms with Gasteiger partial charge in [0, 0.05) is 0 Å². The third kappa shape index (κ3) is 1.80. The van der Waals surface area contributed by atoms with Crippen molar-refractivity contribution in [3.8, 4) is 0 Å². The topological polar surface area (TPSA) is 0 Å². The molecule has 0 saturated carbocycles. The van der Waals surface area contributed by atoms with Crippen molar-refractivity contribution in [2.24, 2.45) is 0 Å². The molecule has 0 nitrogen and oxygen atoms in total. The molecule has 0 aliphatic carbocycles. The summed E-state index contributed by atoms with van der Waals surface area (Å²) in [6.07, 6.45) is 1.09. The van der Waals surface area contributed by atoms with Crippen molar-refractivity contribution in [1.29, 1.82) is 0 Å². The highest BCUT2D eigenvalue weighted by Crippen LogP contribution is 2.24. The van der Waals surface area contributed by atoms with Gasteiger partial charge in [0.1, 0.15) is 0 Å². The Morgan fingerprint density at radius 1 is 1.20 bits per heavy atom. The fourth-order valence-electron chi connectivity index (χ4n) is 1.93. The van der Waals surface area contributed by atoms with Gasteiger partial charge in [0.05, 0.1) is 0 Å². The van der Waals surface area contributed by atoms with E-state index >= 15 is 0 Å². The summed E-state index contributed by atoms with van der Waals surface area (Å²) in [6, 6.07) is 13.1. The predicted molar refractivity (Wildman–Crippen MR) is 68.0 cm³/mol. The Balaban J connectivity index is 2.72. The zero-order chi connectivity index (χ0) is 10.8. The van der Waals surface area contributed by atoms with Crippen LogP contribution in [0.15, 0.2) is 43.0 Å². The number of rotatable bonds is 2. The van der Waals surface area contributed by atoms with Crippen LogP contribution in [-0.4, -0.2) is 0 Å². The van der Waals surface area contributed by atoms with Gasteiger partial charge in [-0.3, -0.25) is 0 Å². The molecule has 0 N–H and O–H groups in total. The van der Waals surface area contributed by atoms with Crippen molar-refractivity contribution in [3.05, 3.63) is 54.1 Å². The Morgan fingerprint density at radius 3 is 2.67 bits per heavy atom. The quantitative estimate of drug-likeness (QED) is 0.666. The van der Waals surface area contributed by atoms with Crippen molar-refractivity contribution in [2.45, 2.75) is 20.3 Å². The second-order valence-corrected chi connectivity index (χ2v) is 3.99. The van der Waals surface area contributed by atoms with E-state index in [4.69, 9.17) is 0 Å². The summed E-state index contributed by atoms with van der Waals surface area (Å²) in [5.74, 6) is 0. The highest BCUT2D eigenvalue weighted by molar-refractivity contribution is 5.93. The predicted octanol–water partition coefficient (Wildman–Crippen LogP) is 4.44. The van der Waals surface area contributed by atoms with Crippen molar-refractivity contribution >= 4 is 16.3 Å². The van der Waals surface area contributed by atoms with Crippen molar-refractivity contribution < 1.29 is 0 Å². The number of allylic oxidation sites excluding steroid dienone is 1. The molecule has 2 aromatic carbocycles. The van der Waals surface area contributed by atoms with Gasteiger partial charge in [0.25, 0.3) is 0 Å². The standard InChI is InChI=1S/C15H16/c1-4-12-8-9-15-13(10-12)6-5-7-14(15)11(2)3/h5-10H,2,4H2,1,3H3. The van der Waals surface area contributed by atoms with E-state index in [1.165, 1.54) is 21.9 Å². The molecule has 0 heteroatoms. The van der Waals surface area contributed by atoms with Gasteiger partial charge in [0.15, 0.2) is 0 Å². The normalized spacial score (nSPS) is 10.5. The minimum atomic E-state index is 1.09. The minimum Gasteiger partial charge on any atom is -0.0955 e. The van der Waals surface area contributed by atoms with Crippen LogP contribution in [0.5, 0.6) is 0 Å². The molecule has 2 aromatic rings. The van der Waals surface area contributed by atoms with Crippen molar-refractivity contribution in [2.75, 3.05) is 0 Å². The first kappa shape index (κ1) is 9.97. The molecule has 0 aromatic heterocycles. The number of aryl methyl sites for hydroxylation is 1. The fourth-order valence-corrected chi connectivity index (χ4v) is 1.93. The SMILES string of the molecule is C=C(C)c1cccc2cc(CC)ccc12. The van der Waals surface area contributed by atoms with E-state index in [0.717, 1.165) is 12.0 Å². The Labute approximate surface area is 91.2 Å². The monoisotopic (exact) mass is 196 g/mol. The number of hydrogen-bond donors (Lipinski definition) is 0. The van der Waals surface area contributed by atoms with Crippen LogP contribution < -0.4 is 0 Å². The van der Waals surface area contributed by atoms with Crippen LogP contribution in [0.3, 0.4) is 0 Å². The molecule has 76 valence electrons. The van der Waals surface area contributed by atoms with E-state index in [9.17, 15) is 0 Å². The summed E-state index contributed by atoms with van der Waals surface area (Å²) in [7, 11) is 0. The first-order chi connectivity index (χ1) is 7.22. The molecule has 0 radical (unpaired) electrons. The van der Waals surface area contributed by atoms with E-state index in [1.807, 2.05) is 0 Å². The van der Waals surface area contributed by atoms with Gasteiger partial charge in [0.2, 0.25) is 0 Å². The van der Waals surface area contributed by atoms with Crippen LogP contribution in [0.2, 0.25) is 0 Å². The summed E-state index contributed by atoms with van der Waals surface area (Å²) < 4.78 is 0. The zero-order valence-corrected chi connectivity index (χ0v) is 9.38. The van der Waals surface area contributed by atoms with Gasteiger partial charge in [-0.05, 0) is 35.2 Å². The van der Waals surface area contributed by atoms with Gasteiger partial charge in [-0.25, -0.2) is 0 Å². The number of fused-ring (bicyclic) bond motifs is 1. The molecule has 2 rings (SSSR count). The molecule has 0 unspecified atom stereocenters. The second kappa shape index (κ2) is 3.90. The molecule has 15 heavy (non-hydrogen) atoms. The smallest absolute Gasteiger partial charge is 0.0109 e. The summed E-state index contributed by atoms with van der Waals surface area (Å²) in [5.41, 5.74) is 3.78. The molecule has 0 saturated heterocycles. The maximum atomic E-state index is 4.02. The van der Waals surface area contributed by atoms with E-state index in [-0.39, 0.29) is 0 Å². The van der Waals surface area contributed by atoms with Gasteiger partial charge in [-0.2, -0.15) is 0 Å². The lowest BCUT2D eigenvalue weighted by atomic mass is 9.98. The van der Waals surface area contributed by atoms with Crippen LogP contribution in [0, 0.1) is 0 Å². The molecular weight excluding hydrogens is 180 g/mol. The van der Waals surface area contributed by atoms with E-state index in [1.54, 1.807) is 0 Å². The van der Waals surface area contributed by atoms with Crippen molar-refractivity contribution in [3.63, 3.8) is 0 Å². The lowest BCUT2D eigenvalue weighted by molar-refractivity contribution is 1.15. The average molecular weight is 196 g/mol. The van der Waals surface area contributed by atoms with E-state index in [0.29, 0.717) is 0 Å². The largest absolute Gasteiger partial charge is 0.0955 e. The van der Waals surface area contributed by atoms with Crippen LogP contribution in [0.4, 0.5) is 0 Å². The molecule has 0 atom stereocenters.